The molecule has 1 aromatic rings. The zero-order valence-corrected chi connectivity index (χ0v) is 7.53. The summed E-state index contributed by atoms with van der Waals surface area (Å²) in [6, 6.07) is 9.53. The Kier molecular flexibility index (Phi) is 2.78. The summed E-state index contributed by atoms with van der Waals surface area (Å²) in [7, 11) is 0. The van der Waals surface area contributed by atoms with E-state index in [-0.39, 0.29) is 0 Å². The van der Waals surface area contributed by atoms with Crippen molar-refractivity contribution in [3.05, 3.63) is 48.6 Å². The fourth-order valence-electron chi connectivity index (χ4n) is 1.10. The van der Waals surface area contributed by atoms with E-state index in [4.69, 9.17) is 0 Å². The van der Waals surface area contributed by atoms with E-state index < -0.39 is 5.54 Å². The van der Waals surface area contributed by atoms with E-state index in [1.165, 1.54) is 0 Å². The van der Waals surface area contributed by atoms with Crippen molar-refractivity contribution in [1.29, 1.82) is 0 Å². The van der Waals surface area contributed by atoms with E-state index in [1.54, 1.807) is 12.2 Å². The van der Waals surface area contributed by atoms with Crippen molar-refractivity contribution in [2.45, 2.75) is 12.5 Å². The van der Waals surface area contributed by atoms with Crippen LogP contribution in [0.5, 0.6) is 0 Å². The first-order valence-corrected chi connectivity index (χ1v) is 4.01. The number of carbonyl (C=O) groups excluding carboxylic acids is 1. The molecule has 0 aliphatic heterocycles. The summed E-state index contributed by atoms with van der Waals surface area (Å²) >= 11 is 0. The second-order valence-electron chi connectivity index (χ2n) is 2.92. The van der Waals surface area contributed by atoms with Gasteiger partial charge in [-0.2, -0.15) is 4.99 Å². The summed E-state index contributed by atoms with van der Waals surface area (Å²) in [5.74, 6) is 0. The van der Waals surface area contributed by atoms with Gasteiger partial charge in [-0.05, 0) is 12.5 Å². The van der Waals surface area contributed by atoms with Gasteiger partial charge in [-0.1, -0.05) is 36.4 Å². The molecule has 0 fully saturated rings. The lowest BCUT2D eigenvalue weighted by Gasteiger charge is -2.18. The van der Waals surface area contributed by atoms with Crippen LogP contribution in [0.15, 0.2) is 48.0 Å². The fraction of sp³-hybridized carbons (Fsp3) is 0.182. The predicted octanol–water partition coefficient (Wildman–Crippen LogP) is 2.42. The van der Waals surface area contributed by atoms with Crippen LogP contribution in [0, 0.1) is 0 Å². The molecule has 0 bridgehead atoms. The molecule has 1 rings (SSSR count). The largest absolute Gasteiger partial charge is 0.236 e. The van der Waals surface area contributed by atoms with E-state index >= 15 is 0 Å². The molecular weight excluding hydrogens is 162 g/mol. The molecule has 1 unspecified atom stereocenters. The molecule has 66 valence electrons. The fourth-order valence-corrected chi connectivity index (χ4v) is 1.10. The summed E-state index contributed by atoms with van der Waals surface area (Å²) in [5.41, 5.74) is 0.288. The predicted molar refractivity (Wildman–Crippen MR) is 52.1 cm³/mol. The molecule has 0 radical (unpaired) electrons. The molecule has 1 atom stereocenters. The second-order valence-corrected chi connectivity index (χ2v) is 2.92. The van der Waals surface area contributed by atoms with Crippen molar-refractivity contribution in [2.75, 3.05) is 0 Å². The molecule has 0 amide bonds. The Labute approximate surface area is 77.6 Å². The van der Waals surface area contributed by atoms with Gasteiger partial charge in [0.15, 0.2) is 0 Å². The zero-order chi connectivity index (χ0) is 9.73. The third kappa shape index (κ3) is 1.92. The molecule has 0 N–H and O–H groups in total. The van der Waals surface area contributed by atoms with Gasteiger partial charge in [0.25, 0.3) is 0 Å². The summed E-state index contributed by atoms with van der Waals surface area (Å²) in [6.07, 6.45) is 3.19. The summed E-state index contributed by atoms with van der Waals surface area (Å²) in [5, 5.41) is 0. The Balaban J connectivity index is 3.17. The van der Waals surface area contributed by atoms with Crippen LogP contribution in [-0.2, 0) is 10.3 Å². The number of rotatable bonds is 3. The summed E-state index contributed by atoms with van der Waals surface area (Å²) < 4.78 is 0. The van der Waals surface area contributed by atoms with Gasteiger partial charge in [0.1, 0.15) is 5.54 Å². The minimum atomic E-state index is -0.650. The molecule has 2 heteroatoms. The average molecular weight is 173 g/mol. The van der Waals surface area contributed by atoms with Crippen LogP contribution in [0.25, 0.3) is 0 Å². The van der Waals surface area contributed by atoms with Gasteiger partial charge in [0.2, 0.25) is 6.08 Å². The normalized spacial score (nSPS) is 13.9. The summed E-state index contributed by atoms with van der Waals surface area (Å²) in [6.45, 7) is 5.47. The number of hydrogen-bond acceptors (Lipinski definition) is 2. The highest BCUT2D eigenvalue weighted by Gasteiger charge is 2.20. The van der Waals surface area contributed by atoms with Crippen LogP contribution in [0.2, 0.25) is 0 Å². The van der Waals surface area contributed by atoms with Gasteiger partial charge in [-0.3, -0.25) is 0 Å². The summed E-state index contributed by atoms with van der Waals surface area (Å²) in [4.78, 5) is 13.9. The van der Waals surface area contributed by atoms with Gasteiger partial charge < -0.3 is 0 Å². The number of isocyanates is 1. The molecule has 0 saturated heterocycles. The molecule has 0 saturated carbocycles. The van der Waals surface area contributed by atoms with Crippen LogP contribution in [0.3, 0.4) is 0 Å². The van der Waals surface area contributed by atoms with Gasteiger partial charge in [0, 0.05) is 0 Å². The van der Waals surface area contributed by atoms with Crippen molar-refractivity contribution in [2.24, 2.45) is 4.99 Å². The Hall–Kier alpha value is -1.66. The minimum Gasteiger partial charge on any atom is -0.211 e. The van der Waals surface area contributed by atoms with Crippen molar-refractivity contribution in [3.8, 4) is 0 Å². The SMILES string of the molecule is C=CC(C)(N=C=O)c1ccccc1. The lowest BCUT2D eigenvalue weighted by atomic mass is 9.93. The molecule has 0 spiro atoms. The molecule has 0 aliphatic rings. The number of nitrogens with zero attached hydrogens (tertiary/aromatic N) is 1. The quantitative estimate of drug-likeness (QED) is 0.392. The Morgan fingerprint density at radius 1 is 1.46 bits per heavy atom. The maximum atomic E-state index is 10.2. The molecule has 0 aliphatic carbocycles. The average Bonchev–Trinajstić information content (AvgIpc) is 2.19. The number of aliphatic imine (C=N–C) groups is 1. The van der Waals surface area contributed by atoms with Crippen LogP contribution >= 0.6 is 0 Å². The maximum Gasteiger partial charge on any atom is 0.236 e. The lowest BCUT2D eigenvalue weighted by Crippen LogP contribution is -2.14. The molecule has 1 aromatic carbocycles. The standard InChI is InChI=1S/C11H11NO/c1-3-11(2,12-9-13)10-7-5-4-6-8-10/h3-8H,1H2,2H3. The van der Waals surface area contributed by atoms with Crippen LogP contribution in [-0.4, -0.2) is 6.08 Å². The van der Waals surface area contributed by atoms with Gasteiger partial charge in [0.05, 0.1) is 0 Å². The van der Waals surface area contributed by atoms with Crippen LogP contribution in [0.4, 0.5) is 0 Å². The van der Waals surface area contributed by atoms with Crippen LogP contribution in [0.1, 0.15) is 12.5 Å². The Morgan fingerprint density at radius 2 is 2.08 bits per heavy atom. The number of benzene rings is 1. The molecule has 13 heavy (non-hydrogen) atoms. The van der Waals surface area contributed by atoms with Crippen molar-refractivity contribution >= 4 is 6.08 Å². The molecule has 0 aromatic heterocycles. The van der Waals surface area contributed by atoms with E-state index in [9.17, 15) is 4.79 Å². The molecule has 0 heterocycles. The van der Waals surface area contributed by atoms with Gasteiger partial charge in [-0.15, -0.1) is 6.58 Å². The smallest absolute Gasteiger partial charge is 0.211 e. The zero-order valence-electron chi connectivity index (χ0n) is 7.53. The van der Waals surface area contributed by atoms with Crippen molar-refractivity contribution in [1.82, 2.24) is 0 Å². The Bertz CT molecular complexity index is 338. The van der Waals surface area contributed by atoms with Gasteiger partial charge >= 0.3 is 0 Å². The maximum absolute atomic E-state index is 10.2. The number of hydrogen-bond donors (Lipinski definition) is 0. The van der Waals surface area contributed by atoms with Crippen molar-refractivity contribution in [3.63, 3.8) is 0 Å². The lowest BCUT2D eigenvalue weighted by molar-refractivity contribution is 0.546. The van der Waals surface area contributed by atoms with Crippen molar-refractivity contribution < 1.29 is 4.79 Å². The monoisotopic (exact) mass is 173 g/mol. The van der Waals surface area contributed by atoms with Crippen LogP contribution < -0.4 is 0 Å². The third-order valence-corrected chi connectivity index (χ3v) is 2.03. The van der Waals surface area contributed by atoms with E-state index in [1.807, 2.05) is 37.3 Å². The first-order valence-electron chi connectivity index (χ1n) is 4.01. The molecular formula is C11H11NO. The minimum absolute atomic E-state index is 0.650. The van der Waals surface area contributed by atoms with Gasteiger partial charge in [-0.25, -0.2) is 4.79 Å². The molecule has 2 nitrogen and oxygen atoms in total. The Morgan fingerprint density at radius 3 is 2.54 bits per heavy atom. The van der Waals surface area contributed by atoms with E-state index in [2.05, 4.69) is 11.6 Å². The first kappa shape index (κ1) is 9.43. The highest BCUT2D eigenvalue weighted by atomic mass is 16.1. The highest BCUT2D eigenvalue weighted by Crippen LogP contribution is 2.25. The third-order valence-electron chi connectivity index (χ3n) is 2.03. The highest BCUT2D eigenvalue weighted by molar-refractivity contribution is 5.39. The van der Waals surface area contributed by atoms with E-state index in [0.29, 0.717) is 0 Å². The van der Waals surface area contributed by atoms with E-state index in [0.717, 1.165) is 5.56 Å². The first-order chi connectivity index (χ1) is 6.23. The second kappa shape index (κ2) is 3.83. The topological polar surface area (TPSA) is 29.4 Å².